The second kappa shape index (κ2) is 6.26. The molecule has 1 fully saturated rings. The van der Waals surface area contributed by atoms with Gasteiger partial charge in [0.1, 0.15) is 6.10 Å². The van der Waals surface area contributed by atoms with Crippen LogP contribution in [0.3, 0.4) is 0 Å². The van der Waals surface area contributed by atoms with Crippen LogP contribution in [0.2, 0.25) is 0 Å². The number of benzene rings is 1. The number of aliphatic hydroxyl groups excluding tert-OH is 3. The van der Waals surface area contributed by atoms with Crippen LogP contribution in [-0.4, -0.2) is 46.8 Å². The van der Waals surface area contributed by atoms with Gasteiger partial charge in [-0.25, -0.2) is 0 Å². The summed E-state index contributed by atoms with van der Waals surface area (Å²) < 4.78 is 10.6. The van der Waals surface area contributed by atoms with Gasteiger partial charge in [0, 0.05) is 12.0 Å². The molecule has 1 heterocycles. The average Bonchev–Trinajstić information content (AvgIpc) is 2.41. The molecule has 5 nitrogen and oxygen atoms in total. The van der Waals surface area contributed by atoms with Crippen molar-refractivity contribution in [1.82, 2.24) is 0 Å². The van der Waals surface area contributed by atoms with E-state index in [1.54, 1.807) is 12.1 Å². The highest BCUT2D eigenvalue weighted by atomic mass is 16.6. The normalized spacial score (nSPS) is 30.1. The molecule has 1 aliphatic rings. The Kier molecular flexibility index (Phi) is 4.68. The third-order valence-electron chi connectivity index (χ3n) is 2.98. The smallest absolute Gasteiger partial charge is 0.181 e. The van der Waals surface area contributed by atoms with Gasteiger partial charge >= 0.3 is 0 Å². The molecule has 0 aliphatic carbocycles. The molecule has 0 aromatic heterocycles. The Morgan fingerprint density at radius 1 is 1.22 bits per heavy atom. The van der Waals surface area contributed by atoms with Gasteiger partial charge in [-0.3, -0.25) is 0 Å². The van der Waals surface area contributed by atoms with Crippen LogP contribution in [0.25, 0.3) is 0 Å². The molecule has 3 N–H and O–H groups in total. The Labute approximate surface area is 106 Å². The lowest BCUT2D eigenvalue weighted by Crippen LogP contribution is -2.42. The largest absolute Gasteiger partial charge is 0.390 e. The van der Waals surface area contributed by atoms with E-state index in [1.165, 1.54) is 0 Å². The zero-order valence-corrected chi connectivity index (χ0v) is 9.98. The minimum Gasteiger partial charge on any atom is -0.390 e. The number of hydrogen-bond donors (Lipinski definition) is 3. The molecule has 0 saturated carbocycles. The minimum absolute atomic E-state index is 0.0939. The number of ether oxygens (including phenoxy) is 2. The summed E-state index contributed by atoms with van der Waals surface area (Å²) in [6.45, 7) is 0.274. The second-order valence-corrected chi connectivity index (χ2v) is 4.42. The standard InChI is InChI=1S/C13H18O5/c14-11-6-10(17-8-12(11)15)7-18-13(16)9-4-2-1-3-5-9/h1-5,10-16H,6-8H2/t10-,11-,12+,13-/m0/s1. The van der Waals surface area contributed by atoms with Gasteiger partial charge in [0.15, 0.2) is 6.29 Å². The van der Waals surface area contributed by atoms with Gasteiger partial charge in [-0.15, -0.1) is 0 Å². The van der Waals surface area contributed by atoms with Crippen molar-refractivity contribution in [2.24, 2.45) is 0 Å². The first-order valence-electron chi connectivity index (χ1n) is 5.99. The van der Waals surface area contributed by atoms with E-state index in [0.717, 1.165) is 0 Å². The molecule has 1 aliphatic heterocycles. The van der Waals surface area contributed by atoms with E-state index in [-0.39, 0.29) is 19.3 Å². The van der Waals surface area contributed by atoms with Crippen LogP contribution in [0.4, 0.5) is 0 Å². The first-order chi connectivity index (χ1) is 8.66. The van der Waals surface area contributed by atoms with Gasteiger partial charge in [-0.1, -0.05) is 30.3 Å². The Morgan fingerprint density at radius 3 is 2.61 bits per heavy atom. The predicted octanol–water partition coefficient (Wildman–Crippen LogP) is 0.205. The van der Waals surface area contributed by atoms with Crippen molar-refractivity contribution < 1.29 is 24.8 Å². The minimum atomic E-state index is -1.00. The molecule has 18 heavy (non-hydrogen) atoms. The maximum atomic E-state index is 9.78. The van der Waals surface area contributed by atoms with Crippen LogP contribution in [0.5, 0.6) is 0 Å². The average molecular weight is 254 g/mol. The summed E-state index contributed by atoms with van der Waals surface area (Å²) in [7, 11) is 0. The fourth-order valence-corrected chi connectivity index (χ4v) is 1.87. The summed E-state index contributed by atoms with van der Waals surface area (Å²) in [5.74, 6) is 0. The highest BCUT2D eigenvalue weighted by Crippen LogP contribution is 2.18. The van der Waals surface area contributed by atoms with Crippen LogP contribution in [0.15, 0.2) is 30.3 Å². The van der Waals surface area contributed by atoms with Crippen molar-refractivity contribution in [3.63, 3.8) is 0 Å². The Bertz CT molecular complexity index is 356. The summed E-state index contributed by atoms with van der Waals surface area (Å²) in [5.41, 5.74) is 0.675. The van der Waals surface area contributed by atoms with E-state index in [2.05, 4.69) is 0 Å². The van der Waals surface area contributed by atoms with E-state index >= 15 is 0 Å². The molecule has 1 aromatic rings. The first-order valence-corrected chi connectivity index (χ1v) is 5.99. The summed E-state index contributed by atoms with van der Waals surface area (Å²) in [5, 5.41) is 28.5. The van der Waals surface area contributed by atoms with Crippen molar-refractivity contribution in [1.29, 1.82) is 0 Å². The van der Waals surface area contributed by atoms with Gasteiger partial charge in [0.25, 0.3) is 0 Å². The summed E-state index contributed by atoms with van der Waals surface area (Å²) >= 11 is 0. The van der Waals surface area contributed by atoms with Crippen molar-refractivity contribution in [2.75, 3.05) is 13.2 Å². The van der Waals surface area contributed by atoms with Crippen molar-refractivity contribution in [3.05, 3.63) is 35.9 Å². The number of hydrogen-bond acceptors (Lipinski definition) is 5. The Hall–Kier alpha value is -0.980. The predicted molar refractivity (Wildman–Crippen MR) is 63.7 cm³/mol. The Morgan fingerprint density at radius 2 is 1.94 bits per heavy atom. The van der Waals surface area contributed by atoms with Gasteiger partial charge < -0.3 is 24.8 Å². The molecule has 1 aromatic carbocycles. The monoisotopic (exact) mass is 254 g/mol. The molecular formula is C13H18O5. The molecular weight excluding hydrogens is 236 g/mol. The number of rotatable bonds is 4. The fourth-order valence-electron chi connectivity index (χ4n) is 1.87. The van der Waals surface area contributed by atoms with Crippen LogP contribution in [0, 0.1) is 0 Å². The fraction of sp³-hybridized carbons (Fsp3) is 0.538. The SMILES string of the molecule is O[C@@H]1CO[C@H](CO[C@H](O)c2ccccc2)C[C@@H]1O. The van der Waals surface area contributed by atoms with Crippen LogP contribution < -0.4 is 0 Å². The third-order valence-corrected chi connectivity index (χ3v) is 2.98. The topological polar surface area (TPSA) is 79.2 Å². The van der Waals surface area contributed by atoms with Gasteiger partial charge in [-0.05, 0) is 0 Å². The molecule has 5 heteroatoms. The van der Waals surface area contributed by atoms with Gasteiger partial charge in [0.05, 0.1) is 25.4 Å². The molecule has 2 rings (SSSR count). The van der Waals surface area contributed by atoms with E-state index < -0.39 is 18.5 Å². The molecule has 100 valence electrons. The summed E-state index contributed by atoms with van der Waals surface area (Å²) in [4.78, 5) is 0. The van der Waals surface area contributed by atoms with E-state index in [0.29, 0.717) is 12.0 Å². The zero-order valence-electron chi connectivity index (χ0n) is 9.98. The quantitative estimate of drug-likeness (QED) is 0.669. The van der Waals surface area contributed by atoms with E-state index in [1.807, 2.05) is 18.2 Å². The molecule has 0 unspecified atom stereocenters. The summed E-state index contributed by atoms with van der Waals surface area (Å²) in [6.07, 6.45) is -2.62. The lowest BCUT2D eigenvalue weighted by atomic mass is 10.0. The van der Waals surface area contributed by atoms with E-state index in [4.69, 9.17) is 9.47 Å². The second-order valence-electron chi connectivity index (χ2n) is 4.42. The molecule has 0 spiro atoms. The molecule has 0 amide bonds. The van der Waals surface area contributed by atoms with Crippen molar-refractivity contribution in [3.8, 4) is 0 Å². The van der Waals surface area contributed by atoms with E-state index in [9.17, 15) is 15.3 Å². The lowest BCUT2D eigenvalue weighted by molar-refractivity contribution is -0.172. The maximum absolute atomic E-state index is 9.78. The zero-order chi connectivity index (χ0) is 13.0. The highest BCUT2D eigenvalue weighted by Gasteiger charge is 2.28. The highest BCUT2D eigenvalue weighted by molar-refractivity contribution is 5.15. The first kappa shape index (κ1) is 13.5. The Balaban J connectivity index is 1.78. The molecule has 1 saturated heterocycles. The van der Waals surface area contributed by atoms with Crippen LogP contribution in [-0.2, 0) is 9.47 Å². The van der Waals surface area contributed by atoms with Crippen molar-refractivity contribution in [2.45, 2.75) is 31.0 Å². The molecule has 0 bridgehead atoms. The van der Waals surface area contributed by atoms with Crippen LogP contribution >= 0.6 is 0 Å². The van der Waals surface area contributed by atoms with Gasteiger partial charge in [0.2, 0.25) is 0 Å². The maximum Gasteiger partial charge on any atom is 0.181 e. The molecule has 4 atom stereocenters. The summed E-state index contributed by atoms with van der Waals surface area (Å²) in [6, 6.07) is 9.03. The van der Waals surface area contributed by atoms with Crippen molar-refractivity contribution >= 4 is 0 Å². The third kappa shape index (κ3) is 3.51. The molecule has 0 radical (unpaired) electrons. The lowest BCUT2D eigenvalue weighted by Gasteiger charge is -2.30. The van der Waals surface area contributed by atoms with Gasteiger partial charge in [-0.2, -0.15) is 0 Å². The number of aliphatic hydroxyl groups is 3. The van der Waals surface area contributed by atoms with Crippen LogP contribution in [0.1, 0.15) is 18.3 Å².